The summed E-state index contributed by atoms with van der Waals surface area (Å²) in [5, 5.41) is 0. The van der Waals surface area contributed by atoms with Crippen molar-refractivity contribution in [1.29, 1.82) is 0 Å². The summed E-state index contributed by atoms with van der Waals surface area (Å²) in [6, 6.07) is 3.63. The van der Waals surface area contributed by atoms with E-state index in [-0.39, 0.29) is 11.9 Å². The van der Waals surface area contributed by atoms with Crippen molar-refractivity contribution in [3.8, 4) is 0 Å². The molecule has 6 heteroatoms. The standard InChI is InChI=1S/C14H22N4OS/c1-20-10-4-13(15)14(19)18-8-6-17(7-9-18)12-3-2-5-16-11-12/h2-3,5,11,13H,4,6-10,15H2,1H3/t13-/m0/s1. The summed E-state index contributed by atoms with van der Waals surface area (Å²) in [4.78, 5) is 20.5. The van der Waals surface area contributed by atoms with Crippen LogP contribution in [0.5, 0.6) is 0 Å². The number of hydrogen-bond acceptors (Lipinski definition) is 5. The molecule has 0 aromatic carbocycles. The number of pyridine rings is 1. The molecule has 0 aliphatic carbocycles. The first kappa shape index (κ1) is 15.1. The Balaban J connectivity index is 1.83. The van der Waals surface area contributed by atoms with E-state index < -0.39 is 0 Å². The second-order valence-electron chi connectivity index (χ2n) is 4.91. The van der Waals surface area contributed by atoms with Gasteiger partial charge in [-0.15, -0.1) is 0 Å². The summed E-state index contributed by atoms with van der Waals surface area (Å²) >= 11 is 1.73. The Bertz CT molecular complexity index is 420. The molecule has 1 atom stereocenters. The van der Waals surface area contributed by atoms with Gasteiger partial charge in [-0.3, -0.25) is 9.78 Å². The summed E-state index contributed by atoms with van der Waals surface area (Å²) < 4.78 is 0. The molecule has 0 unspecified atom stereocenters. The topological polar surface area (TPSA) is 62.5 Å². The van der Waals surface area contributed by atoms with Crippen LogP contribution < -0.4 is 10.6 Å². The van der Waals surface area contributed by atoms with Gasteiger partial charge >= 0.3 is 0 Å². The third-order valence-electron chi connectivity index (χ3n) is 3.55. The number of amides is 1. The van der Waals surface area contributed by atoms with Crippen molar-refractivity contribution in [3.63, 3.8) is 0 Å². The molecule has 5 nitrogen and oxygen atoms in total. The molecule has 2 heterocycles. The molecule has 0 saturated carbocycles. The lowest BCUT2D eigenvalue weighted by molar-refractivity contribution is -0.132. The maximum Gasteiger partial charge on any atom is 0.239 e. The van der Waals surface area contributed by atoms with E-state index in [0.29, 0.717) is 0 Å². The van der Waals surface area contributed by atoms with Crippen molar-refractivity contribution in [3.05, 3.63) is 24.5 Å². The largest absolute Gasteiger partial charge is 0.367 e. The van der Waals surface area contributed by atoms with Gasteiger partial charge in [-0.2, -0.15) is 11.8 Å². The van der Waals surface area contributed by atoms with E-state index in [1.165, 1.54) is 0 Å². The summed E-state index contributed by atoms with van der Waals surface area (Å²) in [6.07, 6.45) is 6.42. The Morgan fingerprint density at radius 2 is 2.20 bits per heavy atom. The number of nitrogens with zero attached hydrogens (tertiary/aromatic N) is 3. The van der Waals surface area contributed by atoms with Gasteiger partial charge in [-0.25, -0.2) is 0 Å². The van der Waals surface area contributed by atoms with Gasteiger partial charge in [0.1, 0.15) is 0 Å². The zero-order valence-electron chi connectivity index (χ0n) is 11.9. The van der Waals surface area contributed by atoms with E-state index in [0.717, 1.165) is 44.0 Å². The number of thioether (sulfide) groups is 1. The maximum atomic E-state index is 12.2. The van der Waals surface area contributed by atoms with Gasteiger partial charge in [0.15, 0.2) is 0 Å². The van der Waals surface area contributed by atoms with Crippen LogP contribution in [-0.4, -0.2) is 60.0 Å². The Hall–Kier alpha value is -1.27. The highest BCUT2D eigenvalue weighted by Gasteiger charge is 2.25. The molecule has 1 amide bonds. The molecule has 0 spiro atoms. The molecular weight excluding hydrogens is 272 g/mol. The molecule has 20 heavy (non-hydrogen) atoms. The van der Waals surface area contributed by atoms with Crippen LogP contribution in [0.2, 0.25) is 0 Å². The molecular formula is C14H22N4OS. The Morgan fingerprint density at radius 3 is 2.80 bits per heavy atom. The predicted octanol–water partition coefficient (Wildman–Crippen LogP) is 0.811. The van der Waals surface area contributed by atoms with Crippen LogP contribution in [0.15, 0.2) is 24.5 Å². The van der Waals surface area contributed by atoms with E-state index in [2.05, 4.69) is 16.0 Å². The van der Waals surface area contributed by atoms with Gasteiger partial charge in [0, 0.05) is 32.4 Å². The van der Waals surface area contributed by atoms with Crippen molar-refractivity contribution >= 4 is 23.4 Å². The zero-order valence-corrected chi connectivity index (χ0v) is 12.7. The molecule has 1 aromatic rings. The Morgan fingerprint density at radius 1 is 1.45 bits per heavy atom. The maximum absolute atomic E-state index is 12.2. The monoisotopic (exact) mass is 294 g/mol. The van der Waals surface area contributed by atoms with Crippen LogP contribution in [-0.2, 0) is 4.79 Å². The van der Waals surface area contributed by atoms with Crippen LogP contribution in [0, 0.1) is 0 Å². The van der Waals surface area contributed by atoms with E-state index in [9.17, 15) is 4.79 Å². The van der Waals surface area contributed by atoms with Gasteiger partial charge in [0.05, 0.1) is 17.9 Å². The second kappa shape index (κ2) is 7.50. The highest BCUT2D eigenvalue weighted by Crippen LogP contribution is 2.15. The molecule has 1 aliphatic rings. The zero-order chi connectivity index (χ0) is 14.4. The normalized spacial score (nSPS) is 17.1. The van der Waals surface area contributed by atoms with Crippen molar-refractivity contribution in [2.75, 3.05) is 43.1 Å². The predicted molar refractivity (Wildman–Crippen MR) is 84.0 cm³/mol. The number of carbonyl (C=O) groups excluding carboxylic acids is 1. The summed E-state index contributed by atoms with van der Waals surface area (Å²) in [5.41, 5.74) is 7.07. The number of aromatic nitrogens is 1. The van der Waals surface area contributed by atoms with Gasteiger partial charge in [-0.1, -0.05) is 0 Å². The summed E-state index contributed by atoms with van der Waals surface area (Å²) in [6.45, 7) is 3.15. The molecule has 1 saturated heterocycles. The number of rotatable bonds is 5. The summed E-state index contributed by atoms with van der Waals surface area (Å²) in [5.74, 6) is 1.02. The SMILES string of the molecule is CSCC[C@H](N)C(=O)N1CCN(c2cccnc2)CC1. The fourth-order valence-electron chi connectivity index (χ4n) is 2.33. The smallest absolute Gasteiger partial charge is 0.239 e. The summed E-state index contributed by atoms with van der Waals surface area (Å²) in [7, 11) is 0. The quantitative estimate of drug-likeness (QED) is 0.871. The van der Waals surface area contributed by atoms with E-state index in [1.54, 1.807) is 18.0 Å². The van der Waals surface area contributed by atoms with Crippen LogP contribution in [0.4, 0.5) is 5.69 Å². The number of anilines is 1. The van der Waals surface area contributed by atoms with E-state index in [1.807, 2.05) is 23.4 Å². The number of piperazine rings is 1. The van der Waals surface area contributed by atoms with Crippen LogP contribution in [0.3, 0.4) is 0 Å². The first-order valence-electron chi connectivity index (χ1n) is 6.90. The number of carbonyl (C=O) groups is 1. The van der Waals surface area contributed by atoms with Gasteiger partial charge < -0.3 is 15.5 Å². The molecule has 0 radical (unpaired) electrons. The molecule has 2 N–H and O–H groups in total. The average Bonchev–Trinajstić information content (AvgIpc) is 2.53. The average molecular weight is 294 g/mol. The molecule has 110 valence electrons. The fraction of sp³-hybridized carbons (Fsp3) is 0.571. The highest BCUT2D eigenvalue weighted by atomic mass is 32.2. The van der Waals surface area contributed by atoms with Gasteiger partial charge in [0.25, 0.3) is 0 Å². The fourth-order valence-corrected chi connectivity index (χ4v) is 2.82. The van der Waals surface area contributed by atoms with Crippen molar-refractivity contribution in [2.45, 2.75) is 12.5 Å². The second-order valence-corrected chi connectivity index (χ2v) is 5.90. The Labute approximate surface area is 124 Å². The van der Waals surface area contributed by atoms with E-state index >= 15 is 0 Å². The van der Waals surface area contributed by atoms with Gasteiger partial charge in [0.2, 0.25) is 5.91 Å². The van der Waals surface area contributed by atoms with E-state index in [4.69, 9.17) is 5.73 Å². The van der Waals surface area contributed by atoms with Crippen LogP contribution >= 0.6 is 11.8 Å². The number of nitrogens with two attached hydrogens (primary N) is 1. The van der Waals surface area contributed by atoms with Crippen molar-refractivity contribution in [1.82, 2.24) is 9.88 Å². The first-order chi connectivity index (χ1) is 9.72. The molecule has 1 fully saturated rings. The molecule has 1 aromatic heterocycles. The minimum Gasteiger partial charge on any atom is -0.367 e. The lowest BCUT2D eigenvalue weighted by Gasteiger charge is -2.37. The molecule has 0 bridgehead atoms. The minimum atomic E-state index is -0.354. The van der Waals surface area contributed by atoms with Gasteiger partial charge in [-0.05, 0) is 30.6 Å². The third-order valence-corrected chi connectivity index (χ3v) is 4.20. The lowest BCUT2D eigenvalue weighted by atomic mass is 10.2. The molecule has 2 rings (SSSR count). The highest BCUT2D eigenvalue weighted by molar-refractivity contribution is 7.98. The van der Waals surface area contributed by atoms with Crippen molar-refractivity contribution < 1.29 is 4.79 Å². The van der Waals surface area contributed by atoms with Crippen molar-refractivity contribution in [2.24, 2.45) is 5.73 Å². The third kappa shape index (κ3) is 3.86. The number of hydrogen-bond donors (Lipinski definition) is 1. The van der Waals surface area contributed by atoms with Crippen LogP contribution in [0.1, 0.15) is 6.42 Å². The minimum absolute atomic E-state index is 0.0879. The Kier molecular flexibility index (Phi) is 5.67. The van der Waals surface area contributed by atoms with Crippen LogP contribution in [0.25, 0.3) is 0 Å². The molecule has 1 aliphatic heterocycles. The first-order valence-corrected chi connectivity index (χ1v) is 8.30. The lowest BCUT2D eigenvalue weighted by Crippen LogP contribution is -2.53.